The van der Waals surface area contributed by atoms with Crippen LogP contribution in [0, 0.1) is 5.92 Å². The van der Waals surface area contributed by atoms with Crippen molar-refractivity contribution in [2.75, 3.05) is 26.2 Å². The number of nitrogens with one attached hydrogen (secondary N) is 1. The van der Waals surface area contributed by atoms with Crippen LogP contribution in [-0.2, 0) is 6.54 Å². The zero-order chi connectivity index (χ0) is 14.5. The second kappa shape index (κ2) is 6.87. The van der Waals surface area contributed by atoms with Gasteiger partial charge in [0.2, 0.25) is 5.89 Å². The summed E-state index contributed by atoms with van der Waals surface area (Å²) in [6.07, 6.45) is 4.17. The first-order chi connectivity index (χ1) is 10.3. The molecule has 3 rings (SSSR count). The quantitative estimate of drug-likeness (QED) is 0.879. The molecule has 0 aromatic carbocycles. The van der Waals surface area contributed by atoms with E-state index in [9.17, 15) is 0 Å². The van der Waals surface area contributed by atoms with E-state index in [-0.39, 0.29) is 0 Å². The molecule has 0 aliphatic carbocycles. The molecule has 0 bridgehead atoms. The predicted molar refractivity (Wildman–Crippen MR) is 78.5 cm³/mol. The molecule has 0 saturated carbocycles. The van der Waals surface area contributed by atoms with Crippen molar-refractivity contribution in [3.63, 3.8) is 0 Å². The van der Waals surface area contributed by atoms with Crippen LogP contribution < -0.4 is 5.32 Å². The number of rotatable bonds is 6. The van der Waals surface area contributed by atoms with Crippen molar-refractivity contribution in [3.05, 3.63) is 24.3 Å². The van der Waals surface area contributed by atoms with E-state index in [1.165, 1.54) is 12.8 Å². The molecular weight excluding hydrogens is 268 g/mol. The Morgan fingerprint density at radius 3 is 3.10 bits per heavy atom. The zero-order valence-corrected chi connectivity index (χ0v) is 12.4. The minimum Gasteiger partial charge on any atom is -0.459 e. The molecule has 1 N–H and O–H groups in total. The highest BCUT2D eigenvalue weighted by Crippen LogP contribution is 2.19. The lowest BCUT2D eigenvalue weighted by Crippen LogP contribution is -2.38. The topological polar surface area (TPSA) is 67.3 Å². The highest BCUT2D eigenvalue weighted by atomic mass is 16.4. The van der Waals surface area contributed by atoms with Crippen LogP contribution >= 0.6 is 0 Å². The van der Waals surface area contributed by atoms with Crippen molar-refractivity contribution in [3.8, 4) is 11.7 Å². The van der Waals surface area contributed by atoms with Gasteiger partial charge in [-0.3, -0.25) is 4.90 Å². The van der Waals surface area contributed by atoms with Gasteiger partial charge in [0.1, 0.15) is 0 Å². The highest BCUT2D eigenvalue weighted by Gasteiger charge is 2.18. The summed E-state index contributed by atoms with van der Waals surface area (Å²) in [4.78, 5) is 2.36. The summed E-state index contributed by atoms with van der Waals surface area (Å²) in [5, 5.41) is 11.6. The van der Waals surface area contributed by atoms with E-state index in [0.29, 0.717) is 30.0 Å². The maximum absolute atomic E-state index is 5.68. The van der Waals surface area contributed by atoms with Gasteiger partial charge >= 0.3 is 0 Å². The number of nitrogens with zero attached hydrogens (tertiary/aromatic N) is 3. The first kappa shape index (κ1) is 14.3. The van der Waals surface area contributed by atoms with Crippen molar-refractivity contribution >= 4 is 0 Å². The molecule has 1 unspecified atom stereocenters. The molecule has 0 spiro atoms. The molecule has 1 atom stereocenters. The Morgan fingerprint density at radius 1 is 1.43 bits per heavy atom. The fourth-order valence-corrected chi connectivity index (χ4v) is 2.76. The van der Waals surface area contributed by atoms with Crippen molar-refractivity contribution in [2.24, 2.45) is 5.92 Å². The van der Waals surface area contributed by atoms with Gasteiger partial charge in [-0.2, -0.15) is 0 Å². The van der Waals surface area contributed by atoms with E-state index < -0.39 is 0 Å². The molecule has 1 aliphatic heterocycles. The van der Waals surface area contributed by atoms with Crippen LogP contribution in [0.1, 0.15) is 25.7 Å². The molecule has 1 saturated heterocycles. The van der Waals surface area contributed by atoms with Crippen molar-refractivity contribution in [1.82, 2.24) is 20.4 Å². The second-order valence-corrected chi connectivity index (χ2v) is 5.52. The van der Waals surface area contributed by atoms with Gasteiger partial charge in [-0.15, -0.1) is 10.2 Å². The lowest BCUT2D eigenvalue weighted by atomic mass is 9.99. The van der Waals surface area contributed by atoms with E-state index in [1.807, 2.05) is 12.1 Å². The summed E-state index contributed by atoms with van der Waals surface area (Å²) in [6.45, 7) is 7.18. The monoisotopic (exact) mass is 290 g/mol. The first-order valence-corrected chi connectivity index (χ1v) is 7.64. The van der Waals surface area contributed by atoms with Crippen LogP contribution in [0.15, 0.2) is 27.2 Å². The van der Waals surface area contributed by atoms with Crippen LogP contribution in [0.3, 0.4) is 0 Å². The average molecular weight is 290 g/mol. The first-order valence-electron chi connectivity index (χ1n) is 7.64. The SMILES string of the molecule is CCN(Cc1nnc(-c2ccco2)o1)CC1CCCNC1. The molecule has 0 amide bonds. The van der Waals surface area contributed by atoms with Crippen LogP contribution in [0.5, 0.6) is 0 Å². The Labute approximate surface area is 124 Å². The van der Waals surface area contributed by atoms with Crippen molar-refractivity contribution < 1.29 is 8.83 Å². The van der Waals surface area contributed by atoms with Crippen LogP contribution in [-0.4, -0.2) is 41.3 Å². The number of furan rings is 1. The molecule has 6 nitrogen and oxygen atoms in total. The summed E-state index contributed by atoms with van der Waals surface area (Å²) in [5.41, 5.74) is 0. The van der Waals surface area contributed by atoms with Gasteiger partial charge in [0.15, 0.2) is 5.76 Å². The summed E-state index contributed by atoms with van der Waals surface area (Å²) in [7, 11) is 0. The molecular formula is C15H22N4O2. The van der Waals surface area contributed by atoms with Gasteiger partial charge in [-0.05, 0) is 50.5 Å². The van der Waals surface area contributed by atoms with Crippen LogP contribution in [0.4, 0.5) is 0 Å². The van der Waals surface area contributed by atoms with E-state index in [2.05, 4.69) is 27.3 Å². The van der Waals surface area contributed by atoms with E-state index >= 15 is 0 Å². The number of aromatic nitrogens is 2. The molecule has 114 valence electrons. The number of hydrogen-bond donors (Lipinski definition) is 1. The Bertz CT molecular complexity index is 532. The van der Waals surface area contributed by atoms with Crippen molar-refractivity contribution in [1.29, 1.82) is 0 Å². The molecule has 6 heteroatoms. The highest BCUT2D eigenvalue weighted by molar-refractivity contribution is 5.42. The standard InChI is InChI=1S/C15H22N4O2/c1-2-19(10-12-5-3-7-16-9-12)11-14-17-18-15(21-14)13-6-4-8-20-13/h4,6,8,12,16H,2-3,5,7,9-11H2,1H3. The number of hydrogen-bond acceptors (Lipinski definition) is 6. The Balaban J connectivity index is 1.58. The molecule has 0 radical (unpaired) electrons. The normalized spacial score (nSPS) is 19.2. The lowest BCUT2D eigenvalue weighted by molar-refractivity contribution is 0.194. The van der Waals surface area contributed by atoms with Crippen LogP contribution in [0.2, 0.25) is 0 Å². The Kier molecular flexibility index (Phi) is 4.67. The van der Waals surface area contributed by atoms with E-state index in [0.717, 1.165) is 26.2 Å². The van der Waals surface area contributed by atoms with E-state index in [1.54, 1.807) is 6.26 Å². The molecule has 3 heterocycles. The maximum Gasteiger partial charge on any atom is 0.283 e. The molecule has 2 aromatic heterocycles. The molecule has 21 heavy (non-hydrogen) atoms. The minimum atomic E-state index is 0.449. The van der Waals surface area contributed by atoms with Gasteiger partial charge in [-0.25, -0.2) is 0 Å². The lowest BCUT2D eigenvalue weighted by Gasteiger charge is -2.28. The van der Waals surface area contributed by atoms with Crippen LogP contribution in [0.25, 0.3) is 11.7 Å². The summed E-state index contributed by atoms with van der Waals surface area (Å²) in [5.74, 6) is 2.43. The third kappa shape index (κ3) is 3.71. The maximum atomic E-state index is 5.68. The second-order valence-electron chi connectivity index (χ2n) is 5.52. The van der Waals surface area contributed by atoms with Gasteiger partial charge in [-0.1, -0.05) is 6.92 Å². The largest absolute Gasteiger partial charge is 0.459 e. The third-order valence-corrected chi connectivity index (χ3v) is 3.92. The van der Waals surface area contributed by atoms with Gasteiger partial charge in [0, 0.05) is 6.54 Å². The summed E-state index contributed by atoms with van der Waals surface area (Å²) < 4.78 is 10.9. The average Bonchev–Trinajstić information content (AvgIpc) is 3.18. The van der Waals surface area contributed by atoms with Gasteiger partial charge < -0.3 is 14.2 Å². The predicted octanol–water partition coefficient (Wildman–Crippen LogP) is 2.15. The summed E-state index contributed by atoms with van der Waals surface area (Å²) in [6, 6.07) is 3.64. The molecule has 1 aliphatic rings. The molecule has 2 aromatic rings. The minimum absolute atomic E-state index is 0.449. The molecule has 1 fully saturated rings. The number of piperidine rings is 1. The summed E-state index contributed by atoms with van der Waals surface area (Å²) >= 11 is 0. The zero-order valence-electron chi connectivity index (χ0n) is 12.4. The smallest absolute Gasteiger partial charge is 0.283 e. The van der Waals surface area contributed by atoms with E-state index in [4.69, 9.17) is 8.83 Å². The Hall–Kier alpha value is -1.66. The van der Waals surface area contributed by atoms with Gasteiger partial charge in [0.05, 0.1) is 12.8 Å². The van der Waals surface area contributed by atoms with Gasteiger partial charge in [0.25, 0.3) is 5.89 Å². The fourth-order valence-electron chi connectivity index (χ4n) is 2.76. The van der Waals surface area contributed by atoms with Crippen molar-refractivity contribution in [2.45, 2.75) is 26.3 Å². The third-order valence-electron chi connectivity index (χ3n) is 3.92. The Morgan fingerprint density at radius 2 is 2.38 bits per heavy atom. The fraction of sp³-hybridized carbons (Fsp3) is 0.600.